The van der Waals surface area contributed by atoms with Gasteiger partial charge in [-0.1, -0.05) is 23.7 Å². The number of halogens is 1. The minimum absolute atomic E-state index is 0.143. The third kappa shape index (κ3) is 3.33. The molecule has 23 heavy (non-hydrogen) atoms. The number of nitrogens with one attached hydrogen (secondary N) is 1. The second-order valence-corrected chi connectivity index (χ2v) is 6.77. The van der Waals surface area contributed by atoms with Crippen LogP contribution < -0.4 is 14.8 Å². The van der Waals surface area contributed by atoms with Crippen LogP contribution in [0, 0.1) is 0 Å². The van der Waals surface area contributed by atoms with Crippen molar-refractivity contribution in [2.75, 3.05) is 40.4 Å². The summed E-state index contributed by atoms with van der Waals surface area (Å²) in [5, 5.41) is 6.14. The molecule has 1 N–H and O–H groups in total. The summed E-state index contributed by atoms with van der Waals surface area (Å²) in [5.74, 6) is 1.26. The molecule has 1 atom stereocenters. The Labute approximate surface area is 146 Å². The molecule has 0 bridgehead atoms. The average molecular weight is 353 g/mol. The first-order chi connectivity index (χ1) is 11.3. The van der Waals surface area contributed by atoms with Crippen LogP contribution in [0.15, 0.2) is 29.6 Å². The number of piperazine rings is 1. The Morgan fingerprint density at radius 2 is 1.96 bits per heavy atom. The van der Waals surface area contributed by atoms with Gasteiger partial charge in [0.25, 0.3) is 0 Å². The molecule has 1 aromatic heterocycles. The van der Waals surface area contributed by atoms with E-state index in [0.717, 1.165) is 31.7 Å². The van der Waals surface area contributed by atoms with E-state index in [-0.39, 0.29) is 6.04 Å². The number of methoxy groups -OCH3 is 2. The third-order valence-electron chi connectivity index (χ3n) is 4.14. The molecule has 1 aromatic carbocycles. The molecule has 1 aliphatic heterocycles. The molecule has 3 rings (SSSR count). The normalized spacial score (nSPS) is 17.0. The van der Waals surface area contributed by atoms with Gasteiger partial charge in [-0.05, 0) is 23.1 Å². The van der Waals surface area contributed by atoms with Crippen LogP contribution in [0.5, 0.6) is 11.5 Å². The van der Waals surface area contributed by atoms with E-state index in [1.54, 1.807) is 25.6 Å². The van der Waals surface area contributed by atoms with E-state index < -0.39 is 0 Å². The standard InChI is InChI=1S/C17H21ClN2O2S/c1-21-13-6-5-12(15(18)17(13)22-2)16(14-4-3-11-23-14)20-9-7-19-8-10-20/h3-6,11,16,19H,7-10H2,1-2H3/t16-/m1/s1. The maximum Gasteiger partial charge on any atom is 0.179 e. The van der Waals surface area contributed by atoms with Crippen molar-refractivity contribution in [3.05, 3.63) is 45.1 Å². The summed E-state index contributed by atoms with van der Waals surface area (Å²) < 4.78 is 10.8. The van der Waals surface area contributed by atoms with E-state index in [1.165, 1.54) is 4.88 Å². The van der Waals surface area contributed by atoms with Crippen LogP contribution >= 0.6 is 22.9 Å². The smallest absolute Gasteiger partial charge is 0.179 e. The molecule has 0 aliphatic carbocycles. The number of ether oxygens (including phenoxy) is 2. The fraction of sp³-hybridized carbons (Fsp3) is 0.412. The summed E-state index contributed by atoms with van der Waals surface area (Å²) in [7, 11) is 3.25. The molecule has 4 nitrogen and oxygen atoms in total. The summed E-state index contributed by atoms with van der Waals surface area (Å²) in [6, 6.07) is 8.39. The lowest BCUT2D eigenvalue weighted by molar-refractivity contribution is 0.200. The fourth-order valence-electron chi connectivity index (χ4n) is 3.03. The number of hydrogen-bond donors (Lipinski definition) is 1. The molecule has 0 amide bonds. The van der Waals surface area contributed by atoms with Gasteiger partial charge in [0.15, 0.2) is 11.5 Å². The highest BCUT2D eigenvalue weighted by atomic mass is 35.5. The molecule has 0 saturated carbocycles. The van der Waals surface area contributed by atoms with Crippen molar-refractivity contribution in [3.8, 4) is 11.5 Å². The molecule has 6 heteroatoms. The van der Waals surface area contributed by atoms with Crippen LogP contribution in [0.2, 0.25) is 5.02 Å². The predicted molar refractivity (Wildman–Crippen MR) is 95.2 cm³/mol. The second-order valence-electron chi connectivity index (χ2n) is 5.41. The summed E-state index contributed by atoms with van der Waals surface area (Å²) in [4.78, 5) is 3.76. The van der Waals surface area contributed by atoms with Gasteiger partial charge in [-0.2, -0.15) is 0 Å². The zero-order valence-corrected chi connectivity index (χ0v) is 14.9. The number of hydrogen-bond acceptors (Lipinski definition) is 5. The molecular formula is C17H21ClN2O2S. The van der Waals surface area contributed by atoms with Crippen LogP contribution in [0.1, 0.15) is 16.5 Å². The molecule has 0 unspecified atom stereocenters. The Balaban J connectivity index is 2.06. The first kappa shape index (κ1) is 16.6. The summed E-state index contributed by atoms with van der Waals surface area (Å²) in [6.07, 6.45) is 0. The van der Waals surface area contributed by atoms with E-state index in [0.29, 0.717) is 16.5 Å². The Morgan fingerprint density at radius 3 is 2.57 bits per heavy atom. The molecule has 0 radical (unpaired) electrons. The van der Waals surface area contributed by atoms with Crippen molar-refractivity contribution in [1.82, 2.24) is 10.2 Å². The molecule has 124 valence electrons. The van der Waals surface area contributed by atoms with Gasteiger partial charge in [-0.15, -0.1) is 11.3 Å². The van der Waals surface area contributed by atoms with Crippen LogP contribution in [-0.2, 0) is 0 Å². The quantitative estimate of drug-likeness (QED) is 0.894. The molecule has 1 aliphatic rings. The molecule has 2 heterocycles. The van der Waals surface area contributed by atoms with Gasteiger partial charge in [0.2, 0.25) is 0 Å². The Morgan fingerprint density at radius 1 is 1.17 bits per heavy atom. The lowest BCUT2D eigenvalue weighted by Crippen LogP contribution is -2.45. The third-order valence-corrected chi connectivity index (χ3v) is 5.45. The minimum atomic E-state index is 0.143. The highest BCUT2D eigenvalue weighted by molar-refractivity contribution is 7.10. The van der Waals surface area contributed by atoms with Gasteiger partial charge in [0.05, 0.1) is 25.3 Å². The van der Waals surface area contributed by atoms with E-state index >= 15 is 0 Å². The average Bonchev–Trinajstić information content (AvgIpc) is 3.11. The second kappa shape index (κ2) is 7.53. The minimum Gasteiger partial charge on any atom is -0.493 e. The van der Waals surface area contributed by atoms with Crippen LogP contribution in [0.3, 0.4) is 0 Å². The molecule has 2 aromatic rings. The van der Waals surface area contributed by atoms with E-state index in [9.17, 15) is 0 Å². The topological polar surface area (TPSA) is 33.7 Å². The number of nitrogens with zero attached hydrogens (tertiary/aromatic N) is 1. The van der Waals surface area contributed by atoms with Crippen LogP contribution in [0.25, 0.3) is 0 Å². The molecular weight excluding hydrogens is 332 g/mol. The van der Waals surface area contributed by atoms with Crippen molar-refractivity contribution in [1.29, 1.82) is 0 Å². The number of benzene rings is 1. The summed E-state index contributed by atoms with van der Waals surface area (Å²) >= 11 is 8.44. The highest BCUT2D eigenvalue weighted by Crippen LogP contribution is 2.43. The molecule has 1 fully saturated rings. The number of rotatable bonds is 5. The highest BCUT2D eigenvalue weighted by Gasteiger charge is 2.28. The van der Waals surface area contributed by atoms with Gasteiger partial charge >= 0.3 is 0 Å². The van der Waals surface area contributed by atoms with Crippen LogP contribution in [0.4, 0.5) is 0 Å². The van der Waals surface area contributed by atoms with Gasteiger partial charge in [-0.25, -0.2) is 0 Å². The molecule has 0 spiro atoms. The van der Waals surface area contributed by atoms with Gasteiger partial charge in [0.1, 0.15) is 0 Å². The Kier molecular flexibility index (Phi) is 5.43. The van der Waals surface area contributed by atoms with Gasteiger partial charge < -0.3 is 14.8 Å². The van der Waals surface area contributed by atoms with Gasteiger partial charge in [-0.3, -0.25) is 4.90 Å². The predicted octanol–water partition coefficient (Wildman–Crippen LogP) is 3.41. The first-order valence-electron chi connectivity index (χ1n) is 7.64. The van der Waals surface area contributed by atoms with E-state index in [4.69, 9.17) is 21.1 Å². The van der Waals surface area contributed by atoms with Crippen LogP contribution in [-0.4, -0.2) is 45.3 Å². The van der Waals surface area contributed by atoms with E-state index in [2.05, 4.69) is 33.8 Å². The van der Waals surface area contributed by atoms with Gasteiger partial charge in [0, 0.05) is 31.1 Å². The summed E-state index contributed by atoms with van der Waals surface area (Å²) in [6.45, 7) is 3.97. The molecule has 1 saturated heterocycles. The zero-order chi connectivity index (χ0) is 16.2. The van der Waals surface area contributed by atoms with Crippen molar-refractivity contribution in [3.63, 3.8) is 0 Å². The maximum absolute atomic E-state index is 6.68. The lowest BCUT2D eigenvalue weighted by Gasteiger charge is -2.35. The summed E-state index contributed by atoms with van der Waals surface area (Å²) in [5.41, 5.74) is 1.06. The monoisotopic (exact) mass is 352 g/mol. The lowest BCUT2D eigenvalue weighted by atomic mass is 10.0. The Bertz CT molecular complexity index is 642. The number of thiophene rings is 1. The maximum atomic E-state index is 6.68. The SMILES string of the molecule is COc1ccc([C@H](c2cccs2)N2CCNCC2)c(Cl)c1OC. The Hall–Kier alpha value is -1.27. The first-order valence-corrected chi connectivity index (χ1v) is 8.90. The van der Waals surface area contributed by atoms with E-state index in [1.807, 2.05) is 6.07 Å². The van der Waals surface area contributed by atoms with Crippen molar-refractivity contribution < 1.29 is 9.47 Å². The van der Waals surface area contributed by atoms with Crippen molar-refractivity contribution in [2.24, 2.45) is 0 Å². The van der Waals surface area contributed by atoms with Crippen molar-refractivity contribution in [2.45, 2.75) is 6.04 Å². The largest absolute Gasteiger partial charge is 0.493 e. The fourth-order valence-corrected chi connectivity index (χ4v) is 4.25. The van der Waals surface area contributed by atoms with Crippen molar-refractivity contribution >= 4 is 22.9 Å². The zero-order valence-electron chi connectivity index (χ0n) is 13.3.